The van der Waals surface area contributed by atoms with E-state index in [1.165, 1.54) is 6.42 Å². The Bertz CT molecular complexity index is 812. The van der Waals surface area contributed by atoms with E-state index < -0.39 is 0 Å². The minimum Gasteiger partial charge on any atom is -0.376 e. The Hall–Kier alpha value is -2.60. The molecule has 1 amide bonds. The van der Waals surface area contributed by atoms with Gasteiger partial charge in [-0.25, -0.2) is 0 Å². The zero-order chi connectivity index (χ0) is 16.4. The van der Waals surface area contributed by atoms with Crippen LogP contribution >= 0.6 is 0 Å². The monoisotopic (exact) mass is 324 g/mol. The van der Waals surface area contributed by atoms with E-state index in [-0.39, 0.29) is 12.0 Å². The van der Waals surface area contributed by atoms with Crippen LogP contribution in [0.3, 0.4) is 0 Å². The summed E-state index contributed by atoms with van der Waals surface area (Å²) >= 11 is 0. The Morgan fingerprint density at radius 2 is 2.29 bits per heavy atom. The topological polar surface area (TPSA) is 60.6 Å². The molecule has 1 saturated heterocycles. The Balaban J connectivity index is 1.42. The molecule has 0 radical (unpaired) electrons. The van der Waals surface area contributed by atoms with Crippen LogP contribution in [0.1, 0.15) is 29.6 Å². The van der Waals surface area contributed by atoms with Crippen LogP contribution in [0.15, 0.2) is 49.1 Å². The van der Waals surface area contributed by atoms with E-state index >= 15 is 0 Å². The van der Waals surface area contributed by atoms with Gasteiger partial charge in [0.2, 0.25) is 0 Å². The maximum absolute atomic E-state index is 12.4. The number of pyridine rings is 1. The molecule has 6 heteroatoms. The molecule has 0 aliphatic carbocycles. The molecule has 4 heterocycles. The number of hydrogen-bond donors (Lipinski definition) is 1. The van der Waals surface area contributed by atoms with Crippen molar-refractivity contribution in [3.05, 3.63) is 54.6 Å². The van der Waals surface area contributed by atoms with Crippen molar-refractivity contribution in [1.29, 1.82) is 0 Å². The number of aromatic nitrogens is 3. The summed E-state index contributed by atoms with van der Waals surface area (Å²) in [7, 11) is 0. The third-order valence-corrected chi connectivity index (χ3v) is 4.32. The zero-order valence-corrected chi connectivity index (χ0v) is 13.4. The van der Waals surface area contributed by atoms with E-state index in [0.717, 1.165) is 31.5 Å². The normalized spacial score (nSPS) is 17.9. The lowest BCUT2D eigenvalue weighted by Gasteiger charge is -2.22. The van der Waals surface area contributed by atoms with Crippen molar-refractivity contribution in [2.24, 2.45) is 0 Å². The number of hydrogen-bond acceptors (Lipinski definition) is 3. The van der Waals surface area contributed by atoms with Crippen LogP contribution in [0.4, 0.5) is 5.69 Å². The summed E-state index contributed by atoms with van der Waals surface area (Å²) in [5.74, 6) is -0.132. The summed E-state index contributed by atoms with van der Waals surface area (Å²) in [5, 5.41) is 7.22. The maximum Gasteiger partial charge on any atom is 0.257 e. The first kappa shape index (κ1) is 15.0. The van der Waals surface area contributed by atoms with Gasteiger partial charge in [-0.3, -0.25) is 9.48 Å². The Labute approximate surface area is 140 Å². The maximum atomic E-state index is 12.4. The molecule has 24 heavy (non-hydrogen) atoms. The molecule has 1 fully saturated rings. The van der Waals surface area contributed by atoms with E-state index in [1.807, 2.05) is 51.9 Å². The summed E-state index contributed by atoms with van der Waals surface area (Å²) < 4.78 is 9.49. The number of nitrogens with one attached hydrogen (secondary N) is 1. The van der Waals surface area contributed by atoms with Gasteiger partial charge in [-0.1, -0.05) is 6.07 Å². The highest BCUT2D eigenvalue weighted by atomic mass is 16.5. The van der Waals surface area contributed by atoms with Crippen molar-refractivity contribution >= 4 is 17.1 Å². The Morgan fingerprint density at radius 3 is 3.12 bits per heavy atom. The first-order chi connectivity index (χ1) is 11.8. The molecule has 0 spiro atoms. The third kappa shape index (κ3) is 3.19. The van der Waals surface area contributed by atoms with Crippen LogP contribution in [-0.4, -0.2) is 32.8 Å². The molecule has 1 aliphatic heterocycles. The summed E-state index contributed by atoms with van der Waals surface area (Å²) in [6.07, 6.45) is 10.9. The summed E-state index contributed by atoms with van der Waals surface area (Å²) in [4.78, 5) is 12.4. The SMILES string of the molecule is O=C(Nc1cnn(C[C@H]2CCCCO2)c1)c1cc2ccccn2c1. The van der Waals surface area contributed by atoms with Gasteiger partial charge in [0.1, 0.15) is 0 Å². The molecule has 3 aromatic rings. The number of carbonyl (C=O) groups excluding carboxylic acids is 1. The molecular formula is C18H20N4O2. The molecule has 4 rings (SSSR count). The van der Waals surface area contributed by atoms with Gasteiger partial charge in [-0.15, -0.1) is 0 Å². The predicted octanol–water partition coefficient (Wildman–Crippen LogP) is 2.96. The highest BCUT2D eigenvalue weighted by molar-refractivity contribution is 6.05. The second kappa shape index (κ2) is 6.49. The van der Waals surface area contributed by atoms with Crippen LogP contribution < -0.4 is 5.32 Å². The van der Waals surface area contributed by atoms with Gasteiger partial charge in [0.05, 0.1) is 30.1 Å². The fraction of sp³-hybridized carbons (Fsp3) is 0.333. The fourth-order valence-electron chi connectivity index (χ4n) is 3.07. The lowest BCUT2D eigenvalue weighted by molar-refractivity contribution is 0.00401. The van der Waals surface area contributed by atoms with Gasteiger partial charge >= 0.3 is 0 Å². The lowest BCUT2D eigenvalue weighted by Crippen LogP contribution is -2.24. The standard InChI is InChI=1S/C18H20N4O2/c23-18(14-9-16-5-1-3-7-21(16)11-14)20-15-10-19-22(12-15)13-17-6-2-4-8-24-17/h1,3,5,7,9-12,17H,2,4,6,8,13H2,(H,20,23)/t17-/m1/s1. The van der Waals surface area contributed by atoms with Crippen molar-refractivity contribution in [2.75, 3.05) is 11.9 Å². The van der Waals surface area contributed by atoms with Gasteiger partial charge in [-0.05, 0) is 37.5 Å². The van der Waals surface area contributed by atoms with Gasteiger partial charge in [-0.2, -0.15) is 5.10 Å². The number of amides is 1. The predicted molar refractivity (Wildman–Crippen MR) is 91.2 cm³/mol. The third-order valence-electron chi connectivity index (χ3n) is 4.32. The zero-order valence-electron chi connectivity index (χ0n) is 13.4. The Morgan fingerprint density at radius 1 is 1.33 bits per heavy atom. The molecule has 0 unspecified atom stereocenters. The molecule has 3 aromatic heterocycles. The first-order valence-corrected chi connectivity index (χ1v) is 8.30. The number of fused-ring (bicyclic) bond motifs is 1. The summed E-state index contributed by atoms with van der Waals surface area (Å²) in [6.45, 7) is 1.56. The first-order valence-electron chi connectivity index (χ1n) is 8.30. The fourth-order valence-corrected chi connectivity index (χ4v) is 3.07. The quantitative estimate of drug-likeness (QED) is 0.802. The van der Waals surface area contributed by atoms with Gasteiger partial charge in [0.15, 0.2) is 0 Å². The highest BCUT2D eigenvalue weighted by Crippen LogP contribution is 2.16. The molecule has 1 atom stereocenters. The summed E-state index contributed by atoms with van der Waals surface area (Å²) in [6, 6.07) is 7.73. The van der Waals surface area contributed by atoms with E-state index in [0.29, 0.717) is 11.3 Å². The van der Waals surface area contributed by atoms with E-state index in [4.69, 9.17) is 4.74 Å². The molecule has 0 aromatic carbocycles. The molecule has 0 bridgehead atoms. The highest BCUT2D eigenvalue weighted by Gasteiger charge is 2.15. The van der Waals surface area contributed by atoms with E-state index in [9.17, 15) is 4.79 Å². The van der Waals surface area contributed by atoms with Gasteiger partial charge in [0, 0.05) is 30.7 Å². The average molecular weight is 324 g/mol. The minimum absolute atomic E-state index is 0.132. The van der Waals surface area contributed by atoms with E-state index in [1.54, 1.807) is 6.20 Å². The van der Waals surface area contributed by atoms with Gasteiger partial charge in [0.25, 0.3) is 5.91 Å². The van der Waals surface area contributed by atoms with Crippen LogP contribution in [-0.2, 0) is 11.3 Å². The smallest absolute Gasteiger partial charge is 0.257 e. The number of nitrogens with zero attached hydrogens (tertiary/aromatic N) is 3. The number of rotatable bonds is 4. The van der Waals surface area contributed by atoms with Crippen molar-refractivity contribution in [1.82, 2.24) is 14.2 Å². The summed E-state index contributed by atoms with van der Waals surface area (Å²) in [5.41, 5.74) is 2.32. The van der Waals surface area contributed by atoms with Crippen LogP contribution in [0, 0.1) is 0 Å². The average Bonchev–Trinajstić information content (AvgIpc) is 3.22. The largest absolute Gasteiger partial charge is 0.376 e. The van der Waals surface area contributed by atoms with Crippen LogP contribution in [0.2, 0.25) is 0 Å². The van der Waals surface area contributed by atoms with Gasteiger partial charge < -0.3 is 14.5 Å². The molecule has 124 valence electrons. The second-order valence-corrected chi connectivity index (χ2v) is 6.16. The van der Waals surface area contributed by atoms with Crippen LogP contribution in [0.5, 0.6) is 0 Å². The van der Waals surface area contributed by atoms with Crippen molar-refractivity contribution in [3.63, 3.8) is 0 Å². The number of ether oxygens (including phenoxy) is 1. The van der Waals surface area contributed by atoms with E-state index in [2.05, 4.69) is 10.4 Å². The molecule has 0 saturated carbocycles. The van der Waals surface area contributed by atoms with Crippen molar-refractivity contribution < 1.29 is 9.53 Å². The van der Waals surface area contributed by atoms with Crippen LogP contribution in [0.25, 0.3) is 5.52 Å². The number of anilines is 1. The molecule has 6 nitrogen and oxygen atoms in total. The van der Waals surface area contributed by atoms with Crippen molar-refractivity contribution in [2.45, 2.75) is 31.9 Å². The molecular weight excluding hydrogens is 304 g/mol. The molecule has 1 aliphatic rings. The number of carbonyl (C=O) groups is 1. The lowest BCUT2D eigenvalue weighted by atomic mass is 10.1. The second-order valence-electron chi connectivity index (χ2n) is 6.16. The molecule has 1 N–H and O–H groups in total. The van der Waals surface area contributed by atoms with Crippen molar-refractivity contribution in [3.8, 4) is 0 Å². The Kier molecular flexibility index (Phi) is 4.04. The minimum atomic E-state index is -0.132.